The molecule has 0 heterocycles. The molecule has 0 radical (unpaired) electrons. The van der Waals surface area contributed by atoms with Gasteiger partial charge in [0.1, 0.15) is 0 Å². The highest BCUT2D eigenvalue weighted by Gasteiger charge is 2.22. The molecule has 0 aromatic heterocycles. The van der Waals surface area contributed by atoms with E-state index in [4.69, 9.17) is 28.3 Å². The quantitative estimate of drug-likeness (QED) is 0.544. The lowest BCUT2D eigenvalue weighted by Gasteiger charge is -2.17. The van der Waals surface area contributed by atoms with Gasteiger partial charge in [-0.25, -0.2) is 0 Å². The Morgan fingerprint density at radius 2 is 2.33 bits per heavy atom. The summed E-state index contributed by atoms with van der Waals surface area (Å²) in [4.78, 5) is 0. The normalized spacial score (nSPS) is 34.3. The van der Waals surface area contributed by atoms with Crippen LogP contribution in [-0.2, 0) is 0 Å². The zero-order valence-corrected chi connectivity index (χ0v) is 6.15. The van der Waals surface area contributed by atoms with Gasteiger partial charge in [0.25, 0.3) is 0 Å². The Kier molecular flexibility index (Phi) is 1.85. The molecule has 0 aromatic rings. The summed E-state index contributed by atoms with van der Waals surface area (Å²) in [7, 11) is 0. The molecule has 0 aromatic carbocycles. The molecule has 0 saturated heterocycles. The molecule has 0 saturated carbocycles. The maximum atomic E-state index is 9.10. The summed E-state index contributed by atoms with van der Waals surface area (Å²) in [6.07, 6.45) is 5.14. The van der Waals surface area contributed by atoms with E-state index >= 15 is 0 Å². The van der Waals surface area contributed by atoms with Gasteiger partial charge in [-0.2, -0.15) is 0 Å². The predicted octanol–water partition coefficient (Wildman–Crippen LogP) is 2.00. The SMILES string of the molecule is O[C@]1(Cl)C=CC=C(Cl)C1. The van der Waals surface area contributed by atoms with Crippen LogP contribution in [0.4, 0.5) is 0 Å². The molecule has 0 spiro atoms. The number of halogens is 2. The summed E-state index contributed by atoms with van der Waals surface area (Å²) in [5.74, 6) is 0. The van der Waals surface area contributed by atoms with Crippen molar-refractivity contribution in [3.05, 3.63) is 23.3 Å². The number of alkyl halides is 1. The van der Waals surface area contributed by atoms with Gasteiger partial charge in [0.15, 0.2) is 5.06 Å². The standard InChI is InChI=1S/C6H6Cl2O/c7-5-2-1-3-6(8,9)4-5/h1-3,9H,4H2/t6-/m1/s1. The fourth-order valence-electron chi connectivity index (χ4n) is 0.655. The molecule has 0 fully saturated rings. The van der Waals surface area contributed by atoms with E-state index in [0.29, 0.717) is 11.5 Å². The van der Waals surface area contributed by atoms with E-state index < -0.39 is 5.06 Å². The molecule has 0 amide bonds. The Balaban J connectivity index is 2.73. The third-order valence-corrected chi connectivity index (χ3v) is 1.56. The number of hydrogen-bond acceptors (Lipinski definition) is 1. The molecule has 1 nitrogen and oxygen atoms in total. The average Bonchev–Trinajstić information content (AvgIpc) is 1.60. The number of hydrogen-bond donors (Lipinski definition) is 1. The molecule has 1 atom stereocenters. The predicted molar refractivity (Wildman–Crippen MR) is 38.5 cm³/mol. The van der Waals surface area contributed by atoms with Crippen molar-refractivity contribution >= 4 is 23.2 Å². The van der Waals surface area contributed by atoms with Crippen molar-refractivity contribution in [2.24, 2.45) is 0 Å². The van der Waals surface area contributed by atoms with Crippen molar-refractivity contribution in [2.75, 3.05) is 0 Å². The molecule has 50 valence electrons. The second-order valence-corrected chi connectivity index (χ2v) is 3.11. The Morgan fingerprint density at radius 1 is 1.67 bits per heavy atom. The molecular weight excluding hydrogens is 159 g/mol. The minimum Gasteiger partial charge on any atom is -0.371 e. The molecule has 1 rings (SSSR count). The van der Waals surface area contributed by atoms with Crippen LogP contribution < -0.4 is 0 Å². The van der Waals surface area contributed by atoms with Gasteiger partial charge in [-0.3, -0.25) is 0 Å². The highest BCUT2D eigenvalue weighted by Crippen LogP contribution is 2.28. The molecule has 0 unspecified atom stereocenters. The van der Waals surface area contributed by atoms with Crippen LogP contribution in [0.25, 0.3) is 0 Å². The Bertz CT molecular complexity index is 170. The Hall–Kier alpha value is 0.0200. The molecule has 3 heteroatoms. The van der Waals surface area contributed by atoms with Crippen LogP contribution >= 0.6 is 23.2 Å². The van der Waals surface area contributed by atoms with E-state index in [1.165, 1.54) is 6.08 Å². The number of aliphatic hydroxyl groups is 1. The van der Waals surface area contributed by atoms with Crippen LogP contribution in [0.3, 0.4) is 0 Å². The molecule has 1 aliphatic carbocycles. The van der Waals surface area contributed by atoms with Gasteiger partial charge in [-0.1, -0.05) is 29.3 Å². The lowest BCUT2D eigenvalue weighted by Crippen LogP contribution is -2.18. The molecule has 1 aliphatic rings. The molecule has 9 heavy (non-hydrogen) atoms. The lowest BCUT2D eigenvalue weighted by atomic mass is 10.1. The van der Waals surface area contributed by atoms with Crippen molar-refractivity contribution < 1.29 is 5.11 Å². The van der Waals surface area contributed by atoms with Gasteiger partial charge in [0.05, 0.1) is 0 Å². The van der Waals surface area contributed by atoms with E-state index in [2.05, 4.69) is 0 Å². The fourth-order valence-corrected chi connectivity index (χ4v) is 1.22. The van der Waals surface area contributed by atoms with Crippen molar-refractivity contribution in [3.63, 3.8) is 0 Å². The number of allylic oxidation sites excluding steroid dienone is 2. The topological polar surface area (TPSA) is 20.2 Å². The van der Waals surface area contributed by atoms with Crippen LogP contribution in [-0.4, -0.2) is 10.2 Å². The van der Waals surface area contributed by atoms with Crippen molar-refractivity contribution in [1.29, 1.82) is 0 Å². The highest BCUT2D eigenvalue weighted by molar-refractivity contribution is 6.31. The first-order valence-corrected chi connectivity index (χ1v) is 3.31. The monoisotopic (exact) mass is 164 g/mol. The molecule has 0 aliphatic heterocycles. The number of rotatable bonds is 0. The van der Waals surface area contributed by atoms with Gasteiger partial charge in [-0.15, -0.1) is 0 Å². The summed E-state index contributed by atoms with van der Waals surface area (Å²) in [6.45, 7) is 0. The first-order chi connectivity index (χ1) is 4.10. The maximum Gasteiger partial charge on any atom is 0.162 e. The second kappa shape index (κ2) is 2.33. The average molecular weight is 165 g/mol. The third kappa shape index (κ3) is 2.01. The van der Waals surface area contributed by atoms with Gasteiger partial charge in [0.2, 0.25) is 0 Å². The smallest absolute Gasteiger partial charge is 0.162 e. The third-order valence-electron chi connectivity index (χ3n) is 1.05. The minimum absolute atomic E-state index is 0.298. The van der Waals surface area contributed by atoms with E-state index in [0.717, 1.165) is 0 Å². The van der Waals surface area contributed by atoms with Crippen LogP contribution in [0, 0.1) is 0 Å². The summed E-state index contributed by atoms with van der Waals surface area (Å²) >= 11 is 11.1. The summed E-state index contributed by atoms with van der Waals surface area (Å²) in [6, 6.07) is 0. The van der Waals surface area contributed by atoms with E-state index in [1.54, 1.807) is 12.2 Å². The molecule has 0 bridgehead atoms. The van der Waals surface area contributed by atoms with E-state index in [1.807, 2.05) is 0 Å². The van der Waals surface area contributed by atoms with Gasteiger partial charge in [0, 0.05) is 11.5 Å². The first-order valence-electron chi connectivity index (χ1n) is 2.55. The second-order valence-electron chi connectivity index (χ2n) is 1.97. The lowest BCUT2D eigenvalue weighted by molar-refractivity contribution is 0.180. The first kappa shape index (κ1) is 7.13. The highest BCUT2D eigenvalue weighted by atomic mass is 35.5. The van der Waals surface area contributed by atoms with Crippen molar-refractivity contribution in [2.45, 2.75) is 11.5 Å². The Morgan fingerprint density at radius 3 is 2.67 bits per heavy atom. The zero-order chi connectivity index (χ0) is 6.91. The Labute approximate surface area is 63.6 Å². The summed E-state index contributed by atoms with van der Waals surface area (Å²) < 4.78 is 0. The van der Waals surface area contributed by atoms with E-state index in [-0.39, 0.29) is 0 Å². The van der Waals surface area contributed by atoms with Crippen LogP contribution in [0.15, 0.2) is 23.3 Å². The molecular formula is C6H6Cl2O. The summed E-state index contributed by atoms with van der Waals surface area (Å²) in [5, 5.41) is 8.42. The van der Waals surface area contributed by atoms with Crippen LogP contribution in [0.5, 0.6) is 0 Å². The van der Waals surface area contributed by atoms with Crippen molar-refractivity contribution in [1.82, 2.24) is 0 Å². The van der Waals surface area contributed by atoms with Crippen LogP contribution in [0.2, 0.25) is 0 Å². The van der Waals surface area contributed by atoms with Crippen LogP contribution in [0.1, 0.15) is 6.42 Å². The van der Waals surface area contributed by atoms with Gasteiger partial charge in [-0.05, 0) is 12.2 Å². The largest absolute Gasteiger partial charge is 0.371 e. The zero-order valence-electron chi connectivity index (χ0n) is 4.64. The fraction of sp³-hybridized carbons (Fsp3) is 0.333. The summed E-state index contributed by atoms with van der Waals surface area (Å²) in [5.41, 5.74) is 0. The van der Waals surface area contributed by atoms with Gasteiger partial charge < -0.3 is 5.11 Å². The van der Waals surface area contributed by atoms with Gasteiger partial charge >= 0.3 is 0 Å². The van der Waals surface area contributed by atoms with E-state index in [9.17, 15) is 0 Å². The minimum atomic E-state index is -1.26. The molecule has 1 N–H and O–H groups in total. The maximum absolute atomic E-state index is 9.10. The van der Waals surface area contributed by atoms with Crippen molar-refractivity contribution in [3.8, 4) is 0 Å².